The average molecular weight is 254 g/mol. The second kappa shape index (κ2) is 7.31. The van der Waals surface area contributed by atoms with Gasteiger partial charge in [-0.3, -0.25) is 8.37 Å². The lowest BCUT2D eigenvalue weighted by molar-refractivity contribution is -0.149. The highest BCUT2D eigenvalue weighted by Crippen LogP contribution is 2.03. The molecule has 0 unspecified atom stereocenters. The first-order chi connectivity index (χ1) is 7.42. The van der Waals surface area contributed by atoms with E-state index >= 15 is 0 Å². The smallest absolute Gasteiger partial charge is 0.336 e. The van der Waals surface area contributed by atoms with Crippen molar-refractivity contribution < 1.29 is 31.6 Å². The molecule has 0 bridgehead atoms. The van der Waals surface area contributed by atoms with Crippen LogP contribution in [-0.2, 0) is 38.8 Å². The summed E-state index contributed by atoms with van der Waals surface area (Å²) in [6.45, 7) is 2.69. The van der Waals surface area contributed by atoms with Crippen molar-refractivity contribution in [2.75, 3.05) is 14.2 Å². The lowest BCUT2D eigenvalue weighted by Gasteiger charge is -2.12. The summed E-state index contributed by atoms with van der Waals surface area (Å²) in [5.41, 5.74) is 0. The van der Waals surface area contributed by atoms with Gasteiger partial charge in [0.2, 0.25) is 0 Å². The van der Waals surface area contributed by atoms with Crippen molar-refractivity contribution in [3.05, 3.63) is 0 Å². The Kier molecular flexibility index (Phi) is 6.86. The number of hydrogen-bond acceptors (Lipinski definition) is 7. The van der Waals surface area contributed by atoms with E-state index in [-0.39, 0.29) is 0 Å². The van der Waals surface area contributed by atoms with Crippen LogP contribution in [0.1, 0.15) is 13.8 Å². The van der Waals surface area contributed by atoms with E-state index in [1.54, 1.807) is 0 Å². The molecule has 94 valence electrons. The van der Waals surface area contributed by atoms with Gasteiger partial charge in [0.25, 0.3) is 0 Å². The molecule has 0 aromatic rings. The zero-order valence-corrected chi connectivity index (χ0v) is 10.2. The monoisotopic (exact) mass is 254 g/mol. The molecule has 0 radical (unpaired) electrons. The summed E-state index contributed by atoms with van der Waals surface area (Å²) in [5, 5.41) is 0. The van der Waals surface area contributed by atoms with Crippen LogP contribution in [0.5, 0.6) is 0 Å². The molecule has 0 N–H and O–H groups in total. The fraction of sp³-hybridized carbons (Fsp3) is 0.750. The average Bonchev–Trinajstić information content (AvgIpc) is 2.26. The number of esters is 2. The summed E-state index contributed by atoms with van der Waals surface area (Å²) < 4.78 is 29.1. The minimum Gasteiger partial charge on any atom is -0.467 e. The van der Waals surface area contributed by atoms with E-state index in [0.29, 0.717) is 0 Å². The van der Waals surface area contributed by atoms with Crippen LogP contribution in [0.2, 0.25) is 0 Å². The minimum absolute atomic E-state index is 0.692. The molecule has 0 fully saturated rings. The Morgan fingerprint density at radius 1 is 0.938 bits per heavy atom. The van der Waals surface area contributed by atoms with Gasteiger partial charge in [-0.15, -0.1) is 0 Å². The zero-order chi connectivity index (χ0) is 12.7. The molecule has 0 aliphatic rings. The molecule has 0 aliphatic carbocycles. The standard InChI is InChI=1S/C8H14O7S/c1-5(7(9)12-3)14-16(11)15-6(2)8(10)13-4/h5-6H,1-4H3/t5-,6-/m0/s1. The van der Waals surface area contributed by atoms with Crippen LogP contribution in [0.3, 0.4) is 0 Å². The molecular formula is C8H14O7S. The first kappa shape index (κ1) is 15.0. The van der Waals surface area contributed by atoms with Gasteiger partial charge in [-0.05, 0) is 13.8 Å². The number of carbonyl (C=O) groups is 2. The highest BCUT2D eigenvalue weighted by Gasteiger charge is 2.22. The topological polar surface area (TPSA) is 88.1 Å². The van der Waals surface area contributed by atoms with E-state index in [0.717, 1.165) is 0 Å². The largest absolute Gasteiger partial charge is 0.467 e. The maximum Gasteiger partial charge on any atom is 0.336 e. The highest BCUT2D eigenvalue weighted by molar-refractivity contribution is 7.75. The summed E-state index contributed by atoms with van der Waals surface area (Å²) in [5.74, 6) is -1.38. The number of hydrogen-bond donors (Lipinski definition) is 0. The van der Waals surface area contributed by atoms with Crippen LogP contribution in [0.15, 0.2) is 0 Å². The summed E-state index contributed by atoms with van der Waals surface area (Å²) in [7, 11) is 2.34. The predicted octanol–water partition coefficient (Wildman–Crippen LogP) is -0.279. The second-order valence-corrected chi connectivity index (χ2v) is 3.52. The van der Waals surface area contributed by atoms with Crippen molar-refractivity contribution in [1.82, 2.24) is 0 Å². The Balaban J connectivity index is 4.08. The third-order valence-corrected chi connectivity index (χ3v) is 2.40. The summed E-state index contributed by atoms with van der Waals surface area (Å²) >= 11 is -2.23. The van der Waals surface area contributed by atoms with E-state index in [1.807, 2.05) is 0 Å². The Morgan fingerprint density at radius 2 is 1.25 bits per heavy atom. The molecule has 16 heavy (non-hydrogen) atoms. The Morgan fingerprint density at radius 3 is 1.50 bits per heavy atom. The Hall–Kier alpha value is -0.990. The van der Waals surface area contributed by atoms with Crippen LogP contribution >= 0.6 is 0 Å². The number of ether oxygens (including phenoxy) is 2. The first-order valence-corrected chi connectivity index (χ1v) is 5.34. The van der Waals surface area contributed by atoms with Crippen molar-refractivity contribution in [3.8, 4) is 0 Å². The number of rotatable bonds is 6. The molecule has 0 saturated heterocycles. The van der Waals surface area contributed by atoms with Crippen LogP contribution in [0, 0.1) is 0 Å². The fourth-order valence-electron chi connectivity index (χ4n) is 0.669. The Bertz CT molecular complexity index is 252. The van der Waals surface area contributed by atoms with Crippen molar-refractivity contribution in [3.63, 3.8) is 0 Å². The van der Waals surface area contributed by atoms with Crippen molar-refractivity contribution in [2.24, 2.45) is 0 Å². The lowest BCUT2D eigenvalue weighted by Crippen LogP contribution is -2.28. The molecule has 0 saturated carbocycles. The summed E-state index contributed by atoms with van der Waals surface area (Å²) in [4.78, 5) is 21.8. The predicted molar refractivity (Wildman–Crippen MR) is 53.3 cm³/mol. The van der Waals surface area contributed by atoms with Gasteiger partial charge < -0.3 is 9.47 Å². The lowest BCUT2D eigenvalue weighted by atomic mass is 10.4. The molecular weight excluding hydrogens is 240 g/mol. The molecule has 8 heteroatoms. The van der Waals surface area contributed by atoms with Gasteiger partial charge in [0.15, 0.2) is 12.2 Å². The van der Waals surface area contributed by atoms with Crippen LogP contribution in [0.25, 0.3) is 0 Å². The van der Waals surface area contributed by atoms with Gasteiger partial charge in [-0.25, -0.2) is 9.59 Å². The van der Waals surface area contributed by atoms with Crippen LogP contribution < -0.4 is 0 Å². The third-order valence-electron chi connectivity index (χ3n) is 1.51. The van der Waals surface area contributed by atoms with Gasteiger partial charge in [-0.2, -0.15) is 4.21 Å². The van der Waals surface area contributed by atoms with Gasteiger partial charge in [0, 0.05) is 0 Å². The Labute approximate surface area is 95.9 Å². The zero-order valence-electron chi connectivity index (χ0n) is 9.42. The van der Waals surface area contributed by atoms with Gasteiger partial charge >= 0.3 is 23.3 Å². The van der Waals surface area contributed by atoms with Crippen molar-refractivity contribution >= 4 is 23.3 Å². The van der Waals surface area contributed by atoms with Crippen LogP contribution in [0.4, 0.5) is 0 Å². The quantitative estimate of drug-likeness (QED) is 0.602. The number of carbonyl (C=O) groups excluding carboxylic acids is 2. The van der Waals surface area contributed by atoms with E-state index in [4.69, 9.17) is 0 Å². The van der Waals surface area contributed by atoms with E-state index < -0.39 is 35.5 Å². The molecule has 0 aromatic carbocycles. The second-order valence-electron chi connectivity index (χ2n) is 2.73. The van der Waals surface area contributed by atoms with Gasteiger partial charge in [0.1, 0.15) is 0 Å². The maximum atomic E-state index is 11.2. The molecule has 0 rings (SSSR count). The molecule has 0 aromatic heterocycles. The molecule has 0 aliphatic heterocycles. The number of methoxy groups -OCH3 is 2. The van der Waals surface area contributed by atoms with Gasteiger partial charge in [-0.1, -0.05) is 0 Å². The molecule has 2 atom stereocenters. The minimum atomic E-state index is -2.23. The molecule has 0 spiro atoms. The summed E-state index contributed by atoms with van der Waals surface area (Å²) in [6.07, 6.45) is -2.09. The molecule has 0 amide bonds. The van der Waals surface area contributed by atoms with E-state index in [1.165, 1.54) is 28.1 Å². The van der Waals surface area contributed by atoms with Gasteiger partial charge in [0.05, 0.1) is 14.2 Å². The highest BCUT2D eigenvalue weighted by atomic mass is 32.2. The molecule has 7 nitrogen and oxygen atoms in total. The SMILES string of the molecule is COC(=O)[C@H](C)OS(=O)O[C@@H](C)C(=O)OC. The van der Waals surface area contributed by atoms with Crippen LogP contribution in [-0.4, -0.2) is 42.6 Å². The molecule has 0 heterocycles. The van der Waals surface area contributed by atoms with E-state index in [9.17, 15) is 13.8 Å². The first-order valence-electron chi connectivity index (χ1n) is 4.34. The fourth-order valence-corrected chi connectivity index (χ4v) is 1.34. The normalized spacial score (nSPS) is 14.3. The van der Waals surface area contributed by atoms with Crippen molar-refractivity contribution in [1.29, 1.82) is 0 Å². The summed E-state index contributed by atoms with van der Waals surface area (Å²) in [6, 6.07) is 0. The van der Waals surface area contributed by atoms with E-state index in [2.05, 4.69) is 17.8 Å². The maximum absolute atomic E-state index is 11.2. The van der Waals surface area contributed by atoms with Crippen molar-refractivity contribution in [2.45, 2.75) is 26.1 Å². The third kappa shape index (κ3) is 5.19.